The van der Waals surface area contributed by atoms with E-state index >= 15 is 0 Å². The van der Waals surface area contributed by atoms with Gasteiger partial charge in [-0.3, -0.25) is 0 Å². The van der Waals surface area contributed by atoms with Gasteiger partial charge in [-0.25, -0.2) is 13.6 Å². The van der Waals surface area contributed by atoms with Crippen LogP contribution in [0.4, 0.5) is 13.6 Å². The summed E-state index contributed by atoms with van der Waals surface area (Å²) in [6.07, 6.45) is 0. The normalized spacial score (nSPS) is 19.9. The van der Waals surface area contributed by atoms with E-state index in [0.29, 0.717) is 5.56 Å². The Morgan fingerprint density at radius 3 is 2.73 bits per heavy atom. The van der Waals surface area contributed by atoms with E-state index in [-0.39, 0.29) is 12.1 Å². The largest absolute Gasteiger partial charge is 0.336 e. The third-order valence-electron chi connectivity index (χ3n) is 2.44. The van der Waals surface area contributed by atoms with Crippen LogP contribution in [0.15, 0.2) is 12.1 Å². The minimum atomic E-state index is -0.632. The van der Waals surface area contributed by atoms with Crippen LogP contribution in [0, 0.1) is 18.6 Å². The molecule has 1 atom stereocenters. The fourth-order valence-corrected chi connectivity index (χ4v) is 1.63. The Morgan fingerprint density at radius 2 is 2.13 bits per heavy atom. The van der Waals surface area contributed by atoms with E-state index in [2.05, 4.69) is 10.6 Å². The highest BCUT2D eigenvalue weighted by molar-refractivity contribution is 5.76. The molecule has 2 amide bonds. The molecule has 5 heteroatoms. The number of hydrogen-bond donors (Lipinski definition) is 2. The van der Waals surface area contributed by atoms with Crippen molar-refractivity contribution in [2.75, 3.05) is 6.54 Å². The number of hydrogen-bond acceptors (Lipinski definition) is 1. The van der Waals surface area contributed by atoms with Crippen LogP contribution < -0.4 is 10.6 Å². The molecular weight excluding hydrogens is 202 g/mol. The molecule has 1 aromatic rings. The lowest BCUT2D eigenvalue weighted by molar-refractivity contribution is 0.247. The lowest BCUT2D eigenvalue weighted by atomic mass is 10.0. The summed E-state index contributed by atoms with van der Waals surface area (Å²) in [6, 6.07) is 1.55. The fraction of sp³-hybridized carbons (Fsp3) is 0.300. The number of halogens is 2. The molecule has 1 aromatic carbocycles. The summed E-state index contributed by atoms with van der Waals surface area (Å²) >= 11 is 0. The van der Waals surface area contributed by atoms with E-state index in [4.69, 9.17) is 0 Å². The van der Waals surface area contributed by atoms with Crippen molar-refractivity contribution >= 4 is 6.03 Å². The Balaban J connectivity index is 2.43. The van der Waals surface area contributed by atoms with Gasteiger partial charge < -0.3 is 10.6 Å². The average Bonchev–Trinajstić information content (AvgIpc) is 2.59. The molecule has 0 aliphatic carbocycles. The van der Waals surface area contributed by atoms with Crippen LogP contribution in [0.1, 0.15) is 17.2 Å². The number of amides is 2. The van der Waals surface area contributed by atoms with Crippen LogP contribution in [0.3, 0.4) is 0 Å². The molecule has 1 aliphatic heterocycles. The van der Waals surface area contributed by atoms with Gasteiger partial charge in [0.15, 0.2) is 0 Å². The molecule has 1 saturated heterocycles. The minimum Gasteiger partial charge on any atom is -0.336 e. The summed E-state index contributed by atoms with van der Waals surface area (Å²) in [7, 11) is 0. The SMILES string of the molecule is Cc1ccc(F)c([C@H]2CNC(=O)N2)c1F. The summed E-state index contributed by atoms with van der Waals surface area (Å²) in [5.74, 6) is -1.23. The predicted octanol–water partition coefficient (Wildman–Crippen LogP) is 1.63. The van der Waals surface area contributed by atoms with Gasteiger partial charge in [-0.2, -0.15) is 0 Å². The average molecular weight is 212 g/mol. The van der Waals surface area contributed by atoms with Crippen molar-refractivity contribution in [2.45, 2.75) is 13.0 Å². The van der Waals surface area contributed by atoms with Gasteiger partial charge >= 0.3 is 6.03 Å². The monoisotopic (exact) mass is 212 g/mol. The van der Waals surface area contributed by atoms with E-state index < -0.39 is 23.7 Å². The highest BCUT2D eigenvalue weighted by Crippen LogP contribution is 2.24. The van der Waals surface area contributed by atoms with E-state index in [0.717, 1.165) is 0 Å². The molecule has 0 aromatic heterocycles. The Hall–Kier alpha value is -1.65. The molecule has 1 heterocycles. The van der Waals surface area contributed by atoms with Gasteiger partial charge in [0.05, 0.1) is 6.04 Å². The standard InChI is InChI=1S/C10H10F2N2O/c1-5-2-3-6(11)8(9(5)12)7-4-13-10(15)14-7/h2-3,7H,4H2,1H3,(H2,13,14,15)/t7-/m1/s1. The first-order chi connectivity index (χ1) is 7.09. The first-order valence-corrected chi connectivity index (χ1v) is 4.58. The van der Waals surface area contributed by atoms with E-state index in [1.54, 1.807) is 6.92 Å². The van der Waals surface area contributed by atoms with Crippen molar-refractivity contribution in [3.05, 3.63) is 34.9 Å². The maximum Gasteiger partial charge on any atom is 0.315 e. The maximum atomic E-state index is 13.6. The summed E-state index contributed by atoms with van der Waals surface area (Å²) in [4.78, 5) is 10.9. The van der Waals surface area contributed by atoms with E-state index in [1.165, 1.54) is 12.1 Å². The van der Waals surface area contributed by atoms with Crippen molar-refractivity contribution in [1.82, 2.24) is 10.6 Å². The number of urea groups is 1. The summed E-state index contributed by atoms with van der Waals surface area (Å²) in [5.41, 5.74) is 0.292. The fourth-order valence-electron chi connectivity index (χ4n) is 1.63. The molecule has 0 saturated carbocycles. The molecule has 15 heavy (non-hydrogen) atoms. The van der Waals surface area contributed by atoms with Crippen molar-refractivity contribution in [3.63, 3.8) is 0 Å². The number of benzene rings is 1. The van der Waals surface area contributed by atoms with Crippen LogP contribution in [0.5, 0.6) is 0 Å². The number of nitrogens with one attached hydrogen (secondary N) is 2. The van der Waals surface area contributed by atoms with Crippen molar-refractivity contribution in [2.24, 2.45) is 0 Å². The van der Waals surface area contributed by atoms with Gasteiger partial charge in [0.1, 0.15) is 11.6 Å². The highest BCUT2D eigenvalue weighted by atomic mass is 19.1. The molecule has 0 radical (unpaired) electrons. The zero-order valence-corrected chi connectivity index (χ0v) is 8.10. The molecule has 1 aliphatic rings. The Morgan fingerprint density at radius 1 is 1.40 bits per heavy atom. The first kappa shape index (κ1) is 9.89. The van der Waals surface area contributed by atoms with Crippen molar-refractivity contribution in [1.29, 1.82) is 0 Å². The Kier molecular flexibility index (Phi) is 2.30. The smallest absolute Gasteiger partial charge is 0.315 e. The van der Waals surface area contributed by atoms with Crippen LogP contribution in [0.25, 0.3) is 0 Å². The zero-order valence-electron chi connectivity index (χ0n) is 8.10. The quantitative estimate of drug-likeness (QED) is 0.729. The van der Waals surface area contributed by atoms with Crippen molar-refractivity contribution in [3.8, 4) is 0 Å². The number of aryl methyl sites for hydroxylation is 1. The molecular formula is C10H10F2N2O. The maximum absolute atomic E-state index is 13.6. The topological polar surface area (TPSA) is 41.1 Å². The molecule has 2 rings (SSSR count). The summed E-state index contributed by atoms with van der Waals surface area (Å²) in [5, 5.41) is 4.91. The highest BCUT2D eigenvalue weighted by Gasteiger charge is 2.27. The Bertz CT molecular complexity index is 420. The summed E-state index contributed by atoms with van der Waals surface area (Å²) in [6.45, 7) is 1.76. The zero-order chi connectivity index (χ0) is 11.0. The third kappa shape index (κ3) is 1.65. The number of carbonyl (C=O) groups excluding carboxylic acids is 1. The molecule has 1 fully saturated rings. The van der Waals surface area contributed by atoms with Crippen LogP contribution in [0.2, 0.25) is 0 Å². The second kappa shape index (κ2) is 3.49. The van der Waals surface area contributed by atoms with Gasteiger partial charge in [-0.1, -0.05) is 6.07 Å². The molecule has 0 spiro atoms. The van der Waals surface area contributed by atoms with Gasteiger partial charge in [0.2, 0.25) is 0 Å². The van der Waals surface area contributed by atoms with E-state index in [1.807, 2.05) is 0 Å². The van der Waals surface area contributed by atoms with Gasteiger partial charge in [0.25, 0.3) is 0 Å². The van der Waals surface area contributed by atoms with Gasteiger partial charge in [-0.05, 0) is 18.6 Å². The summed E-state index contributed by atoms with van der Waals surface area (Å²) < 4.78 is 27.0. The second-order valence-electron chi connectivity index (χ2n) is 3.50. The predicted molar refractivity (Wildman–Crippen MR) is 50.4 cm³/mol. The lowest BCUT2D eigenvalue weighted by Crippen LogP contribution is -2.22. The number of carbonyl (C=O) groups is 1. The number of rotatable bonds is 1. The van der Waals surface area contributed by atoms with Crippen LogP contribution in [-0.2, 0) is 0 Å². The Labute approximate surface area is 85.5 Å². The first-order valence-electron chi connectivity index (χ1n) is 4.58. The van der Waals surface area contributed by atoms with Crippen LogP contribution in [-0.4, -0.2) is 12.6 Å². The molecule has 3 nitrogen and oxygen atoms in total. The molecule has 0 unspecified atom stereocenters. The molecule has 2 N–H and O–H groups in total. The third-order valence-corrected chi connectivity index (χ3v) is 2.44. The van der Waals surface area contributed by atoms with Gasteiger partial charge in [0, 0.05) is 12.1 Å². The second-order valence-corrected chi connectivity index (χ2v) is 3.50. The molecule has 0 bridgehead atoms. The minimum absolute atomic E-state index is 0.0756. The van der Waals surface area contributed by atoms with Crippen LogP contribution >= 0.6 is 0 Å². The van der Waals surface area contributed by atoms with Gasteiger partial charge in [-0.15, -0.1) is 0 Å². The lowest BCUT2D eigenvalue weighted by Gasteiger charge is -2.12. The van der Waals surface area contributed by atoms with Crippen molar-refractivity contribution < 1.29 is 13.6 Å². The molecule has 80 valence electrons. The van der Waals surface area contributed by atoms with E-state index in [9.17, 15) is 13.6 Å².